The van der Waals surface area contributed by atoms with Gasteiger partial charge in [0.1, 0.15) is 12.4 Å². The average molecular weight is 439 g/mol. The first-order valence-corrected chi connectivity index (χ1v) is 11.1. The molecule has 1 aromatic heterocycles. The third-order valence-electron chi connectivity index (χ3n) is 5.80. The maximum Gasteiger partial charge on any atom is 0.282 e. The lowest BCUT2D eigenvalue weighted by molar-refractivity contribution is 0.0281. The Hall–Kier alpha value is -2.85. The molecule has 1 amide bonds. The zero-order valence-corrected chi connectivity index (χ0v) is 20.0. The molecule has 1 aromatic carbocycles. The summed E-state index contributed by atoms with van der Waals surface area (Å²) in [6, 6.07) is 8.71. The molecule has 1 aliphatic rings. The molecule has 3 rings (SSSR count). The molecule has 1 saturated carbocycles. The van der Waals surface area contributed by atoms with Crippen LogP contribution >= 0.6 is 0 Å². The molecular formula is C25H34N4O3. The zero-order chi connectivity index (χ0) is 23.7. The van der Waals surface area contributed by atoms with Crippen molar-refractivity contribution in [3.63, 3.8) is 0 Å². The zero-order valence-electron chi connectivity index (χ0n) is 20.0. The number of aliphatic hydroxyl groups is 1. The summed E-state index contributed by atoms with van der Waals surface area (Å²) in [6.07, 6.45) is 3.63. The Morgan fingerprint density at radius 3 is 2.47 bits per heavy atom. The minimum Gasteiger partial charge on any atom is -0.490 e. The number of hydrogen-bond acceptors (Lipinski definition) is 4. The first-order valence-electron chi connectivity index (χ1n) is 11.1. The van der Waals surface area contributed by atoms with Crippen molar-refractivity contribution in [3.8, 4) is 11.8 Å². The van der Waals surface area contributed by atoms with Gasteiger partial charge in [0.05, 0.1) is 22.8 Å². The molecule has 1 aliphatic carbocycles. The number of nitrogens with zero attached hydrogens (tertiary/aromatic N) is 4. The van der Waals surface area contributed by atoms with Crippen molar-refractivity contribution in [1.29, 1.82) is 5.26 Å². The molecule has 172 valence electrons. The highest BCUT2D eigenvalue weighted by atomic mass is 16.5. The van der Waals surface area contributed by atoms with Gasteiger partial charge in [-0.15, -0.1) is 0 Å². The summed E-state index contributed by atoms with van der Waals surface area (Å²) in [5.41, 5.74) is 1.10. The van der Waals surface area contributed by atoms with Crippen LogP contribution in [-0.4, -0.2) is 32.6 Å². The fourth-order valence-corrected chi connectivity index (χ4v) is 3.81. The van der Waals surface area contributed by atoms with E-state index in [2.05, 4.69) is 41.2 Å². The third kappa shape index (κ3) is 5.49. The Morgan fingerprint density at radius 2 is 1.94 bits per heavy atom. The molecule has 1 fully saturated rings. The summed E-state index contributed by atoms with van der Waals surface area (Å²) in [5, 5.41) is 19.3. The van der Waals surface area contributed by atoms with Gasteiger partial charge >= 0.3 is 0 Å². The molecular weight excluding hydrogens is 404 g/mol. The van der Waals surface area contributed by atoms with Gasteiger partial charge in [0.2, 0.25) is 0 Å². The van der Waals surface area contributed by atoms with Crippen LogP contribution < -0.4 is 10.2 Å². The van der Waals surface area contributed by atoms with Gasteiger partial charge in [0, 0.05) is 30.8 Å². The molecule has 0 spiro atoms. The third-order valence-corrected chi connectivity index (χ3v) is 5.80. The fourth-order valence-electron chi connectivity index (χ4n) is 3.81. The van der Waals surface area contributed by atoms with Crippen LogP contribution in [0.25, 0.3) is 0 Å². The Morgan fingerprint density at radius 1 is 1.25 bits per heavy atom. The minimum absolute atomic E-state index is 0.0143. The number of amides is 1. The van der Waals surface area contributed by atoms with Crippen LogP contribution in [0, 0.1) is 17.2 Å². The lowest BCUT2D eigenvalue weighted by atomic mass is 9.85. The van der Waals surface area contributed by atoms with Crippen molar-refractivity contribution in [2.75, 3.05) is 6.61 Å². The highest BCUT2D eigenvalue weighted by Gasteiger charge is 2.25. The minimum atomic E-state index is -1.06. The van der Waals surface area contributed by atoms with E-state index >= 15 is 0 Å². The molecule has 0 atom stereocenters. The predicted octanol–water partition coefficient (Wildman–Crippen LogP) is 3.69. The monoisotopic (exact) mass is 438 g/mol. The maximum absolute atomic E-state index is 13.3. The molecule has 0 unspecified atom stereocenters. The Bertz CT molecular complexity index is 1100. The quantitative estimate of drug-likeness (QED) is 0.744. The van der Waals surface area contributed by atoms with Gasteiger partial charge in [-0.05, 0) is 50.8 Å². The molecule has 0 radical (unpaired) electrons. The number of carbonyl (C=O) groups excluding carboxylic acids is 1. The van der Waals surface area contributed by atoms with E-state index in [1.165, 1.54) is 25.3 Å². The van der Waals surface area contributed by atoms with Gasteiger partial charge in [-0.25, -0.2) is 0 Å². The second-order valence-corrected chi connectivity index (χ2v) is 10.4. The Labute approximate surface area is 189 Å². The average Bonchev–Trinajstić information content (AvgIpc) is 2.97. The second kappa shape index (κ2) is 8.95. The Balaban J connectivity index is 2.06. The molecule has 7 heteroatoms. The van der Waals surface area contributed by atoms with Crippen molar-refractivity contribution in [3.05, 3.63) is 46.6 Å². The molecule has 0 saturated heterocycles. The van der Waals surface area contributed by atoms with Crippen molar-refractivity contribution >= 4 is 5.91 Å². The topological polar surface area (TPSA) is 92.5 Å². The predicted molar refractivity (Wildman–Crippen MR) is 122 cm³/mol. The first-order chi connectivity index (χ1) is 14.9. The van der Waals surface area contributed by atoms with Crippen LogP contribution in [-0.2, 0) is 19.0 Å². The highest BCUT2D eigenvalue weighted by Crippen LogP contribution is 2.28. The number of benzene rings is 1. The molecule has 1 heterocycles. The van der Waals surface area contributed by atoms with E-state index in [1.54, 1.807) is 26.0 Å². The lowest BCUT2D eigenvalue weighted by Gasteiger charge is -2.27. The summed E-state index contributed by atoms with van der Waals surface area (Å²) in [5.74, 6) is 0.428. The lowest BCUT2D eigenvalue weighted by Crippen LogP contribution is -2.31. The van der Waals surface area contributed by atoms with E-state index in [1.807, 2.05) is 13.1 Å². The maximum atomic E-state index is 13.3. The number of carbonyl (C=O) groups is 1. The number of ether oxygens (including phenoxy) is 1. The largest absolute Gasteiger partial charge is 0.490 e. The van der Waals surface area contributed by atoms with Gasteiger partial charge in [-0.2, -0.15) is 10.3 Å². The van der Waals surface area contributed by atoms with E-state index in [0.29, 0.717) is 22.7 Å². The molecule has 32 heavy (non-hydrogen) atoms. The fraction of sp³-hybridized carbons (Fsp3) is 0.560. The molecule has 2 aromatic rings. The smallest absolute Gasteiger partial charge is 0.282 e. The number of nitriles is 1. The van der Waals surface area contributed by atoms with Crippen molar-refractivity contribution in [2.45, 2.75) is 71.4 Å². The SMILES string of the molecule is Cn1c(C(C)(C)C)c/c(=N\C(=O)c2cc(C#N)ccc2OCC(C)(C)O)n1CC1CCC1. The number of hydrogen-bond donors (Lipinski definition) is 1. The van der Waals surface area contributed by atoms with Gasteiger partial charge in [0.25, 0.3) is 5.91 Å². The molecule has 7 nitrogen and oxygen atoms in total. The van der Waals surface area contributed by atoms with E-state index < -0.39 is 11.5 Å². The normalized spacial score (nSPS) is 15.4. The van der Waals surface area contributed by atoms with E-state index in [9.17, 15) is 15.2 Å². The molecule has 0 aliphatic heterocycles. The standard InChI is InChI=1S/C25H34N4O3/c1-24(2,3)21-13-22(29(28(21)6)15-17-8-7-9-17)27-23(30)19-12-18(14-26)10-11-20(19)32-16-25(4,5)31/h10-13,17,31H,7-9,15-16H2,1-6H3/b27-22+. The van der Waals surface area contributed by atoms with E-state index in [4.69, 9.17) is 4.74 Å². The highest BCUT2D eigenvalue weighted by molar-refractivity contribution is 5.98. The van der Waals surface area contributed by atoms with Crippen LogP contribution in [0.5, 0.6) is 5.75 Å². The summed E-state index contributed by atoms with van der Waals surface area (Å²) in [4.78, 5) is 17.7. The van der Waals surface area contributed by atoms with Crippen LogP contribution in [0.3, 0.4) is 0 Å². The number of rotatable bonds is 6. The van der Waals surface area contributed by atoms with E-state index in [-0.39, 0.29) is 17.6 Å². The van der Waals surface area contributed by atoms with Gasteiger partial charge in [-0.3, -0.25) is 14.2 Å². The summed E-state index contributed by atoms with van der Waals surface area (Å²) >= 11 is 0. The molecule has 0 bridgehead atoms. The second-order valence-electron chi connectivity index (χ2n) is 10.4. The van der Waals surface area contributed by atoms with Crippen molar-refractivity contribution in [1.82, 2.24) is 9.36 Å². The Kier molecular flexibility index (Phi) is 6.66. The van der Waals surface area contributed by atoms with Crippen LogP contribution in [0.2, 0.25) is 0 Å². The summed E-state index contributed by atoms with van der Waals surface area (Å²) < 4.78 is 9.89. The summed E-state index contributed by atoms with van der Waals surface area (Å²) in [6.45, 7) is 10.5. The molecule has 1 N–H and O–H groups in total. The van der Waals surface area contributed by atoms with Crippen molar-refractivity contribution < 1.29 is 14.6 Å². The van der Waals surface area contributed by atoms with Crippen LogP contribution in [0.1, 0.15) is 75.5 Å². The number of aromatic nitrogens is 2. The van der Waals surface area contributed by atoms with Crippen LogP contribution in [0.4, 0.5) is 0 Å². The van der Waals surface area contributed by atoms with E-state index in [0.717, 1.165) is 12.2 Å². The first kappa shape index (κ1) is 23.8. The summed E-state index contributed by atoms with van der Waals surface area (Å²) in [7, 11) is 2.01. The van der Waals surface area contributed by atoms with Crippen molar-refractivity contribution in [2.24, 2.45) is 18.0 Å². The van der Waals surface area contributed by atoms with Gasteiger partial charge < -0.3 is 9.84 Å². The van der Waals surface area contributed by atoms with Gasteiger partial charge in [0.15, 0.2) is 5.49 Å². The van der Waals surface area contributed by atoms with Gasteiger partial charge in [-0.1, -0.05) is 27.2 Å². The van der Waals surface area contributed by atoms with Crippen LogP contribution in [0.15, 0.2) is 29.3 Å².